The van der Waals surface area contributed by atoms with E-state index in [0.29, 0.717) is 10.5 Å². The molecule has 118 valence electrons. The fraction of sp³-hybridized carbons (Fsp3) is 0.867. The van der Waals surface area contributed by atoms with Crippen LogP contribution in [0.3, 0.4) is 0 Å². The van der Waals surface area contributed by atoms with Crippen molar-refractivity contribution in [3.63, 3.8) is 0 Å². The molecule has 1 fully saturated rings. The van der Waals surface area contributed by atoms with Gasteiger partial charge in [0.25, 0.3) is 0 Å². The Kier molecular flexibility index (Phi) is 8.09. The van der Waals surface area contributed by atoms with Crippen molar-refractivity contribution in [2.75, 3.05) is 25.4 Å². The molecule has 20 heavy (non-hydrogen) atoms. The number of hydrogen-bond donors (Lipinski definition) is 0. The largest absolute Gasteiger partial charge is 0.472 e. The maximum atomic E-state index is 5.63. The summed E-state index contributed by atoms with van der Waals surface area (Å²) in [5.41, 5.74) is 0. The fourth-order valence-electron chi connectivity index (χ4n) is 3.18. The van der Waals surface area contributed by atoms with Gasteiger partial charge in [0.2, 0.25) is 0 Å². The lowest BCUT2D eigenvalue weighted by Crippen LogP contribution is -2.54. The standard InChI is InChI=1S/C15H30O2S2Si/c1-6-20(7-2,8-3)15(18-10-9-11-19-15)12-14(4)17-13-16-5/h4,6-13H2,1-3,5H3. The van der Waals surface area contributed by atoms with Crippen LogP contribution in [0.5, 0.6) is 0 Å². The summed E-state index contributed by atoms with van der Waals surface area (Å²) in [4.78, 5) is 0. The lowest BCUT2D eigenvalue weighted by Gasteiger charge is -2.50. The highest BCUT2D eigenvalue weighted by Crippen LogP contribution is 2.55. The lowest BCUT2D eigenvalue weighted by molar-refractivity contribution is 0.00322. The van der Waals surface area contributed by atoms with Crippen LogP contribution in [-0.2, 0) is 9.47 Å². The molecular weight excluding hydrogens is 304 g/mol. The van der Waals surface area contributed by atoms with E-state index in [0.717, 1.165) is 12.2 Å². The number of rotatable bonds is 9. The molecule has 1 aliphatic heterocycles. The maximum absolute atomic E-state index is 5.63. The molecule has 1 saturated heterocycles. The molecule has 0 aromatic carbocycles. The Morgan fingerprint density at radius 1 is 1.15 bits per heavy atom. The summed E-state index contributed by atoms with van der Waals surface area (Å²) in [5, 5.41) is 0. The highest BCUT2D eigenvalue weighted by Gasteiger charge is 2.51. The third-order valence-electron chi connectivity index (χ3n) is 4.61. The van der Waals surface area contributed by atoms with Gasteiger partial charge >= 0.3 is 0 Å². The molecule has 0 amide bonds. The molecule has 0 N–H and O–H groups in total. The summed E-state index contributed by atoms with van der Waals surface area (Å²) >= 11 is 4.39. The average molecular weight is 335 g/mol. The van der Waals surface area contributed by atoms with Crippen molar-refractivity contribution in [2.45, 2.75) is 55.4 Å². The monoisotopic (exact) mass is 334 g/mol. The predicted octanol–water partition coefficient (Wildman–Crippen LogP) is 5.12. The first-order chi connectivity index (χ1) is 9.59. The van der Waals surface area contributed by atoms with Gasteiger partial charge in [0.05, 0.1) is 17.5 Å². The van der Waals surface area contributed by atoms with E-state index in [2.05, 4.69) is 50.9 Å². The summed E-state index contributed by atoms with van der Waals surface area (Å²) in [6.07, 6.45) is 2.33. The second-order valence-electron chi connectivity index (χ2n) is 5.41. The van der Waals surface area contributed by atoms with E-state index >= 15 is 0 Å². The highest BCUT2D eigenvalue weighted by molar-refractivity contribution is 8.21. The molecule has 0 atom stereocenters. The minimum Gasteiger partial charge on any atom is -0.472 e. The number of thioether (sulfide) groups is 2. The van der Waals surface area contributed by atoms with Gasteiger partial charge in [-0.2, -0.15) is 0 Å². The molecule has 5 heteroatoms. The van der Waals surface area contributed by atoms with Gasteiger partial charge < -0.3 is 9.47 Å². The highest BCUT2D eigenvalue weighted by atomic mass is 32.2. The number of hydrogen-bond acceptors (Lipinski definition) is 4. The smallest absolute Gasteiger partial charge is 0.188 e. The van der Waals surface area contributed by atoms with Crippen molar-refractivity contribution in [2.24, 2.45) is 0 Å². The molecule has 0 bridgehead atoms. The average Bonchev–Trinajstić information content (AvgIpc) is 2.48. The Balaban J connectivity index is 2.93. The second kappa shape index (κ2) is 8.76. The van der Waals surface area contributed by atoms with Gasteiger partial charge in [0.1, 0.15) is 0 Å². The lowest BCUT2D eigenvalue weighted by atomic mass is 10.4. The van der Waals surface area contributed by atoms with Crippen LogP contribution in [-0.4, -0.2) is 37.2 Å². The molecule has 1 rings (SSSR count). The van der Waals surface area contributed by atoms with Gasteiger partial charge in [-0.25, -0.2) is 0 Å². The molecule has 0 spiro atoms. The number of ether oxygens (including phenoxy) is 2. The van der Waals surface area contributed by atoms with E-state index in [1.54, 1.807) is 7.11 Å². The number of allylic oxidation sites excluding steroid dienone is 1. The normalized spacial score (nSPS) is 18.8. The van der Waals surface area contributed by atoms with Crippen molar-refractivity contribution in [1.29, 1.82) is 0 Å². The molecule has 0 radical (unpaired) electrons. The minimum atomic E-state index is -1.32. The van der Waals surface area contributed by atoms with Crippen LogP contribution in [0.1, 0.15) is 33.6 Å². The molecule has 0 saturated carbocycles. The van der Waals surface area contributed by atoms with Crippen molar-refractivity contribution < 1.29 is 9.47 Å². The second-order valence-corrected chi connectivity index (χ2v) is 14.7. The molecule has 0 aliphatic carbocycles. The third-order valence-corrected chi connectivity index (χ3v) is 16.8. The van der Waals surface area contributed by atoms with Gasteiger partial charge in [-0.1, -0.05) is 45.5 Å². The van der Waals surface area contributed by atoms with Gasteiger partial charge in [-0.15, -0.1) is 23.5 Å². The molecule has 1 heterocycles. The van der Waals surface area contributed by atoms with Crippen LogP contribution in [0, 0.1) is 0 Å². The first kappa shape index (κ1) is 18.5. The fourth-order valence-corrected chi connectivity index (χ4v) is 15.3. The van der Waals surface area contributed by atoms with Crippen molar-refractivity contribution in [3.8, 4) is 0 Å². The molecule has 0 aromatic rings. The zero-order valence-electron chi connectivity index (χ0n) is 13.5. The zero-order valence-corrected chi connectivity index (χ0v) is 16.1. The summed E-state index contributed by atoms with van der Waals surface area (Å²) in [6.45, 7) is 11.7. The summed E-state index contributed by atoms with van der Waals surface area (Å²) in [6, 6.07) is 4.08. The van der Waals surface area contributed by atoms with E-state index in [-0.39, 0.29) is 0 Å². The Bertz CT molecular complexity index is 292. The molecular formula is C15H30O2S2Si. The summed E-state index contributed by atoms with van der Waals surface area (Å²) in [5.74, 6) is 3.49. The maximum Gasteiger partial charge on any atom is 0.188 e. The van der Waals surface area contributed by atoms with Gasteiger partial charge in [0, 0.05) is 13.5 Å². The van der Waals surface area contributed by atoms with E-state index in [4.69, 9.17) is 9.47 Å². The van der Waals surface area contributed by atoms with E-state index in [1.807, 2.05) is 0 Å². The summed E-state index contributed by atoms with van der Waals surface area (Å²) in [7, 11) is 0.338. The van der Waals surface area contributed by atoms with Crippen LogP contribution >= 0.6 is 23.5 Å². The van der Waals surface area contributed by atoms with Crippen molar-refractivity contribution in [3.05, 3.63) is 12.3 Å². The zero-order chi connectivity index (χ0) is 15.1. The first-order valence-corrected chi connectivity index (χ1v) is 12.3. The Hall–Kier alpha value is 0.417. The Morgan fingerprint density at radius 2 is 1.70 bits per heavy atom. The van der Waals surface area contributed by atoms with Crippen LogP contribution in [0.2, 0.25) is 18.1 Å². The predicted molar refractivity (Wildman–Crippen MR) is 96.2 cm³/mol. The van der Waals surface area contributed by atoms with E-state index in [9.17, 15) is 0 Å². The van der Waals surface area contributed by atoms with Crippen molar-refractivity contribution in [1.82, 2.24) is 0 Å². The topological polar surface area (TPSA) is 18.5 Å². The molecule has 0 aromatic heterocycles. The molecule has 2 nitrogen and oxygen atoms in total. The van der Waals surface area contributed by atoms with Crippen LogP contribution < -0.4 is 0 Å². The number of methoxy groups -OCH3 is 1. The van der Waals surface area contributed by atoms with Crippen molar-refractivity contribution >= 4 is 31.6 Å². The first-order valence-electron chi connectivity index (χ1n) is 7.67. The van der Waals surface area contributed by atoms with Crippen LogP contribution in [0.4, 0.5) is 0 Å². The molecule has 1 aliphatic rings. The Morgan fingerprint density at radius 3 is 2.15 bits per heavy atom. The van der Waals surface area contributed by atoms with Gasteiger partial charge in [-0.3, -0.25) is 0 Å². The molecule has 0 unspecified atom stereocenters. The van der Waals surface area contributed by atoms with E-state index < -0.39 is 8.07 Å². The summed E-state index contributed by atoms with van der Waals surface area (Å²) < 4.78 is 11.0. The van der Waals surface area contributed by atoms with Gasteiger partial charge in [0.15, 0.2) is 6.79 Å². The van der Waals surface area contributed by atoms with Gasteiger partial charge in [-0.05, 0) is 17.9 Å². The van der Waals surface area contributed by atoms with Crippen LogP contribution in [0.15, 0.2) is 12.3 Å². The third kappa shape index (κ3) is 3.99. The Labute approximate surface area is 134 Å². The van der Waals surface area contributed by atoms with Crippen LogP contribution in [0.25, 0.3) is 0 Å². The van der Waals surface area contributed by atoms with E-state index in [1.165, 1.54) is 36.1 Å². The quantitative estimate of drug-likeness (QED) is 0.330. The minimum absolute atomic E-state index is 0.323. The SMILES string of the molecule is C=C(CC1([Si](CC)(CC)CC)SCCCS1)OCOC.